The van der Waals surface area contributed by atoms with Crippen LogP contribution in [0, 0.1) is 5.92 Å². The van der Waals surface area contributed by atoms with E-state index in [9.17, 15) is 8.42 Å². The molecule has 0 unspecified atom stereocenters. The Labute approximate surface area is 81.3 Å². The fourth-order valence-corrected chi connectivity index (χ4v) is 2.31. The van der Waals surface area contributed by atoms with Gasteiger partial charge in [0, 0.05) is 0 Å². The molecule has 0 atom stereocenters. The van der Waals surface area contributed by atoms with Crippen molar-refractivity contribution in [2.75, 3.05) is 5.75 Å². The summed E-state index contributed by atoms with van der Waals surface area (Å²) in [5.74, 6) is 1.02. The van der Waals surface area contributed by atoms with Crippen molar-refractivity contribution in [2.24, 2.45) is 5.92 Å². The second-order valence-electron chi connectivity index (χ2n) is 3.13. The first kappa shape index (κ1) is 11.7. The first-order chi connectivity index (χ1) is 4.92. The molecule has 0 bridgehead atoms. The van der Waals surface area contributed by atoms with Gasteiger partial charge in [-0.3, -0.25) is 0 Å². The van der Waals surface area contributed by atoms with Crippen LogP contribution in [0.1, 0.15) is 33.1 Å². The largest absolute Gasteiger partial charge is 0.218 e. The van der Waals surface area contributed by atoms with Crippen LogP contribution in [0.5, 0.6) is 0 Å². The molecule has 4 heteroatoms. The number of hydrogen-bond acceptors (Lipinski definition) is 2. The Hall–Kier alpha value is 0.680. The van der Waals surface area contributed by atoms with Crippen molar-refractivity contribution in [3.8, 4) is 0 Å². The first-order valence-electron chi connectivity index (χ1n) is 3.84. The Balaban J connectivity index is 3.30. The van der Waals surface area contributed by atoms with Crippen LogP contribution in [0.3, 0.4) is 0 Å². The monoisotopic (exact) mass is 290 g/mol. The van der Waals surface area contributed by atoms with Gasteiger partial charge in [0.2, 0.25) is 7.01 Å². The Morgan fingerprint density at radius 3 is 2.18 bits per heavy atom. The molecule has 0 saturated heterocycles. The minimum atomic E-state index is -2.75. The van der Waals surface area contributed by atoms with E-state index in [1.165, 1.54) is 21.2 Å². The topological polar surface area (TPSA) is 34.1 Å². The van der Waals surface area contributed by atoms with Gasteiger partial charge >= 0.3 is 0 Å². The number of rotatable bonds is 5. The molecule has 0 aliphatic carbocycles. The lowest BCUT2D eigenvalue weighted by atomic mass is 10.1. The molecule has 0 amide bonds. The predicted molar refractivity (Wildman–Crippen MR) is 56.5 cm³/mol. The second-order valence-corrected chi connectivity index (χ2v) is 8.64. The van der Waals surface area contributed by atoms with E-state index in [4.69, 9.17) is 0 Å². The third kappa shape index (κ3) is 10.7. The van der Waals surface area contributed by atoms with E-state index in [0.29, 0.717) is 11.7 Å². The summed E-state index contributed by atoms with van der Waals surface area (Å²) in [6.45, 7) is 4.30. The van der Waals surface area contributed by atoms with Crippen molar-refractivity contribution in [3.63, 3.8) is 0 Å². The van der Waals surface area contributed by atoms with Crippen LogP contribution in [0.15, 0.2) is 0 Å². The van der Waals surface area contributed by atoms with Crippen molar-refractivity contribution >= 4 is 28.2 Å². The molecule has 0 rings (SSSR count). The predicted octanol–water partition coefficient (Wildman–Crippen LogP) is 2.58. The number of unbranched alkanes of at least 4 members (excludes halogenated alkanes) is 1. The summed E-state index contributed by atoms with van der Waals surface area (Å²) in [5.41, 5.74) is 0. The van der Waals surface area contributed by atoms with Crippen molar-refractivity contribution in [3.05, 3.63) is 0 Å². The van der Waals surface area contributed by atoms with Gasteiger partial charge in [0.15, 0.2) is 0 Å². The first-order valence-corrected chi connectivity index (χ1v) is 8.03. The van der Waals surface area contributed by atoms with Crippen molar-refractivity contribution in [1.82, 2.24) is 0 Å². The Morgan fingerprint density at radius 1 is 1.27 bits per heavy atom. The van der Waals surface area contributed by atoms with Crippen LogP contribution in [-0.4, -0.2) is 14.2 Å². The van der Waals surface area contributed by atoms with E-state index in [0.717, 1.165) is 19.3 Å². The summed E-state index contributed by atoms with van der Waals surface area (Å²) in [6.07, 6.45) is 2.97. The molecular weight excluding hydrogens is 275 g/mol. The van der Waals surface area contributed by atoms with Crippen LogP contribution >= 0.6 is 21.2 Å². The van der Waals surface area contributed by atoms with Gasteiger partial charge in [-0.05, 0) is 12.3 Å². The molecular formula is C7H15IO2S. The van der Waals surface area contributed by atoms with Gasteiger partial charge in [-0.2, -0.15) is 0 Å². The molecule has 0 aliphatic heterocycles. The zero-order valence-corrected chi connectivity index (χ0v) is 9.98. The SMILES string of the molecule is CC(C)CCCCS(=O)(=O)I. The average molecular weight is 290 g/mol. The van der Waals surface area contributed by atoms with E-state index < -0.39 is 7.01 Å². The van der Waals surface area contributed by atoms with E-state index in [-0.39, 0.29) is 0 Å². The standard InChI is InChI=1S/C7H15IO2S/c1-7(2)5-3-4-6-11(8,9)10/h7H,3-6H2,1-2H3. The third-order valence-electron chi connectivity index (χ3n) is 1.42. The minimum absolute atomic E-state index is 0.334. The maximum absolute atomic E-state index is 10.7. The zero-order valence-electron chi connectivity index (χ0n) is 7.01. The normalized spacial score (nSPS) is 12.4. The highest BCUT2D eigenvalue weighted by atomic mass is 127. The highest BCUT2D eigenvalue weighted by Crippen LogP contribution is 2.10. The van der Waals surface area contributed by atoms with Crippen LogP contribution in [-0.2, 0) is 7.01 Å². The number of halogens is 1. The van der Waals surface area contributed by atoms with Crippen LogP contribution in [0.4, 0.5) is 0 Å². The van der Waals surface area contributed by atoms with Gasteiger partial charge in [0.05, 0.1) is 27.0 Å². The van der Waals surface area contributed by atoms with E-state index in [1.807, 2.05) is 0 Å². The molecule has 0 aromatic heterocycles. The fourth-order valence-electron chi connectivity index (χ4n) is 0.827. The highest BCUT2D eigenvalue weighted by Gasteiger charge is 2.03. The summed E-state index contributed by atoms with van der Waals surface area (Å²) in [4.78, 5) is 0. The third-order valence-corrected chi connectivity index (χ3v) is 3.52. The van der Waals surface area contributed by atoms with Gasteiger partial charge in [-0.1, -0.05) is 26.7 Å². The Morgan fingerprint density at radius 2 is 1.82 bits per heavy atom. The molecule has 0 aromatic rings. The molecule has 0 radical (unpaired) electrons. The van der Waals surface area contributed by atoms with Gasteiger partial charge in [-0.25, -0.2) is 8.42 Å². The molecule has 0 heterocycles. The number of hydrogen-bond donors (Lipinski definition) is 0. The lowest BCUT2D eigenvalue weighted by molar-refractivity contribution is 0.546. The van der Waals surface area contributed by atoms with E-state index in [1.54, 1.807) is 0 Å². The van der Waals surface area contributed by atoms with Crippen molar-refractivity contribution in [1.29, 1.82) is 0 Å². The zero-order chi connectivity index (χ0) is 8.91. The molecule has 0 N–H and O–H groups in total. The lowest BCUT2D eigenvalue weighted by Crippen LogP contribution is -1.97. The van der Waals surface area contributed by atoms with E-state index in [2.05, 4.69) is 13.8 Å². The van der Waals surface area contributed by atoms with E-state index >= 15 is 0 Å². The smallest absolute Gasteiger partial charge is 0.203 e. The fraction of sp³-hybridized carbons (Fsp3) is 1.00. The molecule has 0 aliphatic rings. The molecule has 11 heavy (non-hydrogen) atoms. The molecule has 0 saturated carbocycles. The van der Waals surface area contributed by atoms with Crippen LogP contribution < -0.4 is 0 Å². The molecule has 0 fully saturated rings. The summed E-state index contributed by atoms with van der Waals surface area (Å²) >= 11 is 1.51. The van der Waals surface area contributed by atoms with Gasteiger partial charge in [0.25, 0.3) is 0 Å². The highest BCUT2D eigenvalue weighted by molar-refractivity contribution is 14.2. The van der Waals surface area contributed by atoms with Crippen LogP contribution in [0.2, 0.25) is 0 Å². The average Bonchev–Trinajstić information content (AvgIpc) is 1.78. The second kappa shape index (κ2) is 5.35. The molecule has 68 valence electrons. The summed E-state index contributed by atoms with van der Waals surface area (Å²) in [5, 5.41) is 0. The quantitative estimate of drug-likeness (QED) is 0.443. The van der Waals surface area contributed by atoms with Gasteiger partial charge in [0.1, 0.15) is 0 Å². The maximum atomic E-state index is 10.7. The molecule has 2 nitrogen and oxygen atoms in total. The Bertz CT molecular complexity index is 185. The lowest BCUT2D eigenvalue weighted by Gasteiger charge is -2.01. The van der Waals surface area contributed by atoms with Gasteiger partial charge in [-0.15, -0.1) is 0 Å². The summed E-state index contributed by atoms with van der Waals surface area (Å²) in [7, 11) is -2.75. The molecule has 0 aromatic carbocycles. The summed E-state index contributed by atoms with van der Waals surface area (Å²) < 4.78 is 21.3. The van der Waals surface area contributed by atoms with Crippen LogP contribution in [0.25, 0.3) is 0 Å². The Kier molecular flexibility index (Phi) is 5.68. The van der Waals surface area contributed by atoms with Gasteiger partial charge < -0.3 is 0 Å². The molecule has 0 spiro atoms. The maximum Gasteiger partial charge on any atom is 0.203 e. The van der Waals surface area contributed by atoms with Crippen molar-refractivity contribution in [2.45, 2.75) is 33.1 Å². The minimum Gasteiger partial charge on any atom is -0.218 e. The van der Waals surface area contributed by atoms with Crippen molar-refractivity contribution < 1.29 is 8.42 Å². The summed E-state index contributed by atoms with van der Waals surface area (Å²) in [6, 6.07) is 0.